The second-order valence-corrected chi connectivity index (χ2v) is 7.46. The molecule has 26 heavy (non-hydrogen) atoms. The predicted octanol–water partition coefficient (Wildman–Crippen LogP) is 5.28. The summed E-state index contributed by atoms with van der Waals surface area (Å²) in [4.78, 5) is 17.0. The van der Waals surface area contributed by atoms with Gasteiger partial charge < -0.3 is 9.84 Å². The van der Waals surface area contributed by atoms with Crippen LogP contribution in [-0.2, 0) is 0 Å². The quantitative estimate of drug-likeness (QED) is 0.593. The molecule has 1 amide bonds. The van der Waals surface area contributed by atoms with Gasteiger partial charge in [-0.2, -0.15) is 4.98 Å². The molecule has 0 radical (unpaired) electrons. The zero-order chi connectivity index (χ0) is 18.7. The molecule has 5 nitrogen and oxygen atoms in total. The Labute approximate surface area is 164 Å². The number of carbonyl (C=O) groups excluding carboxylic acids is 1. The lowest BCUT2D eigenvalue weighted by molar-refractivity contribution is 0.0914. The first-order valence-electron chi connectivity index (χ1n) is 8.10. The molecule has 0 aliphatic rings. The zero-order valence-corrected chi connectivity index (χ0v) is 16.6. The highest BCUT2D eigenvalue weighted by atomic mass is 79.9. The van der Waals surface area contributed by atoms with Crippen molar-refractivity contribution in [3.63, 3.8) is 0 Å². The Kier molecular flexibility index (Phi) is 5.74. The molecular weight excluding hydrogens is 418 g/mol. The maximum absolute atomic E-state index is 12.6. The Hall–Kier alpha value is -2.18. The monoisotopic (exact) mass is 433 g/mol. The number of rotatable bonds is 5. The van der Waals surface area contributed by atoms with Crippen molar-refractivity contribution in [2.45, 2.75) is 19.9 Å². The lowest BCUT2D eigenvalue weighted by atomic mass is 10.0. The van der Waals surface area contributed by atoms with E-state index >= 15 is 0 Å². The molecule has 1 unspecified atom stereocenters. The van der Waals surface area contributed by atoms with Gasteiger partial charge in [0, 0.05) is 10.0 Å². The average molecular weight is 435 g/mol. The van der Waals surface area contributed by atoms with E-state index in [2.05, 4.69) is 31.4 Å². The molecule has 3 aromatic rings. The van der Waals surface area contributed by atoms with Gasteiger partial charge in [-0.05, 0) is 42.3 Å². The van der Waals surface area contributed by atoms with Crippen LogP contribution >= 0.6 is 27.5 Å². The average Bonchev–Trinajstić information content (AvgIpc) is 3.10. The number of hydrogen-bond acceptors (Lipinski definition) is 4. The molecule has 0 spiro atoms. The Bertz CT molecular complexity index is 909. The van der Waals surface area contributed by atoms with E-state index in [4.69, 9.17) is 16.1 Å². The summed E-state index contributed by atoms with van der Waals surface area (Å²) in [5, 5.41) is 7.37. The smallest absolute Gasteiger partial charge is 0.253 e. The van der Waals surface area contributed by atoms with Crippen LogP contribution in [-0.4, -0.2) is 16.0 Å². The molecule has 0 aliphatic carbocycles. The lowest BCUT2D eigenvalue weighted by Gasteiger charge is -2.18. The van der Waals surface area contributed by atoms with Crippen LogP contribution < -0.4 is 5.32 Å². The van der Waals surface area contributed by atoms with E-state index in [-0.39, 0.29) is 11.8 Å². The van der Waals surface area contributed by atoms with Crippen molar-refractivity contribution in [3.05, 3.63) is 69.5 Å². The molecule has 7 heteroatoms. The fourth-order valence-corrected chi connectivity index (χ4v) is 2.94. The highest BCUT2D eigenvalue weighted by molar-refractivity contribution is 9.10. The van der Waals surface area contributed by atoms with Crippen molar-refractivity contribution in [2.75, 3.05) is 0 Å². The van der Waals surface area contributed by atoms with Crippen molar-refractivity contribution < 1.29 is 9.32 Å². The van der Waals surface area contributed by atoms with Gasteiger partial charge in [0.2, 0.25) is 11.7 Å². The highest BCUT2D eigenvalue weighted by Gasteiger charge is 2.26. The molecule has 1 N–H and O–H groups in total. The van der Waals surface area contributed by atoms with Crippen LogP contribution in [0.5, 0.6) is 0 Å². The summed E-state index contributed by atoms with van der Waals surface area (Å²) in [7, 11) is 0. The first-order chi connectivity index (χ1) is 12.5. The van der Waals surface area contributed by atoms with Gasteiger partial charge in [0.05, 0.1) is 10.6 Å². The number of benzene rings is 2. The van der Waals surface area contributed by atoms with Crippen LogP contribution in [0.1, 0.15) is 36.1 Å². The van der Waals surface area contributed by atoms with E-state index in [9.17, 15) is 4.79 Å². The number of carbonyl (C=O) groups is 1. The summed E-state index contributed by atoms with van der Waals surface area (Å²) in [6, 6.07) is 14.1. The number of halogens is 2. The first-order valence-corrected chi connectivity index (χ1v) is 9.27. The minimum atomic E-state index is -0.421. The Morgan fingerprint density at radius 2 is 1.85 bits per heavy atom. The third-order valence-corrected chi connectivity index (χ3v) is 4.74. The van der Waals surface area contributed by atoms with Gasteiger partial charge in [-0.15, -0.1) is 0 Å². The minimum Gasteiger partial charge on any atom is -0.340 e. The number of amides is 1. The second kappa shape index (κ2) is 8.01. The minimum absolute atomic E-state index is 0.0552. The second-order valence-electron chi connectivity index (χ2n) is 6.14. The molecule has 134 valence electrons. The highest BCUT2D eigenvalue weighted by Crippen LogP contribution is 2.25. The molecule has 0 bridgehead atoms. The van der Waals surface area contributed by atoms with Crippen LogP contribution in [0.25, 0.3) is 11.4 Å². The molecule has 0 fully saturated rings. The molecule has 3 rings (SSSR count). The van der Waals surface area contributed by atoms with E-state index in [1.807, 2.05) is 38.1 Å². The predicted molar refractivity (Wildman–Crippen MR) is 104 cm³/mol. The Balaban J connectivity index is 1.84. The Morgan fingerprint density at radius 3 is 2.50 bits per heavy atom. The normalized spacial score (nSPS) is 12.2. The summed E-state index contributed by atoms with van der Waals surface area (Å²) < 4.78 is 6.39. The maximum atomic E-state index is 12.6. The van der Waals surface area contributed by atoms with Gasteiger partial charge in [0.1, 0.15) is 6.04 Å². The number of nitrogens with one attached hydrogen (secondary N) is 1. The van der Waals surface area contributed by atoms with Gasteiger partial charge in [-0.1, -0.05) is 58.7 Å². The van der Waals surface area contributed by atoms with E-state index in [0.717, 1.165) is 10.0 Å². The van der Waals surface area contributed by atoms with Crippen molar-refractivity contribution in [3.8, 4) is 11.4 Å². The molecule has 1 aromatic heterocycles. The van der Waals surface area contributed by atoms with E-state index in [1.165, 1.54) is 0 Å². The Morgan fingerprint density at radius 1 is 1.15 bits per heavy atom. The van der Waals surface area contributed by atoms with E-state index < -0.39 is 6.04 Å². The third-order valence-electron chi connectivity index (χ3n) is 3.88. The maximum Gasteiger partial charge on any atom is 0.253 e. The van der Waals surface area contributed by atoms with Gasteiger partial charge in [-0.3, -0.25) is 4.79 Å². The van der Waals surface area contributed by atoms with Gasteiger partial charge >= 0.3 is 0 Å². The van der Waals surface area contributed by atoms with Crippen LogP contribution in [0.2, 0.25) is 5.02 Å². The molecular formula is C19H17BrClN3O2. The molecule has 2 aromatic carbocycles. The van der Waals surface area contributed by atoms with Crippen LogP contribution in [0.15, 0.2) is 57.5 Å². The lowest BCUT2D eigenvalue weighted by Crippen LogP contribution is -2.32. The zero-order valence-electron chi connectivity index (χ0n) is 14.2. The molecule has 1 atom stereocenters. The van der Waals surface area contributed by atoms with Crippen LogP contribution in [0, 0.1) is 5.92 Å². The summed E-state index contributed by atoms with van der Waals surface area (Å²) in [5.41, 5.74) is 1.25. The van der Waals surface area contributed by atoms with Gasteiger partial charge in [-0.25, -0.2) is 0 Å². The topological polar surface area (TPSA) is 68.0 Å². The molecule has 1 heterocycles. The van der Waals surface area contributed by atoms with E-state index in [1.54, 1.807) is 24.3 Å². The number of hydrogen-bond donors (Lipinski definition) is 1. The SMILES string of the molecule is CC(C)C(NC(=O)c1ccccc1Cl)c1nc(-c2ccc(Br)cc2)no1. The molecule has 0 aliphatic heterocycles. The standard InChI is InChI=1S/C19H17BrClN3O2/c1-11(2)16(22-18(25)14-5-3-4-6-15(14)21)19-23-17(24-26-19)12-7-9-13(20)10-8-12/h3-11,16H,1-2H3,(H,22,25). The van der Waals surface area contributed by atoms with Gasteiger partial charge in [0.15, 0.2) is 0 Å². The molecule has 0 saturated heterocycles. The summed E-state index contributed by atoms with van der Waals surface area (Å²) >= 11 is 9.51. The largest absolute Gasteiger partial charge is 0.340 e. The fourth-order valence-electron chi connectivity index (χ4n) is 2.46. The third kappa shape index (κ3) is 4.14. The van der Waals surface area contributed by atoms with Crippen molar-refractivity contribution in [1.29, 1.82) is 0 Å². The number of nitrogens with zero attached hydrogens (tertiary/aromatic N) is 2. The summed E-state index contributed by atoms with van der Waals surface area (Å²) in [5.74, 6) is 0.612. The fraction of sp³-hybridized carbons (Fsp3) is 0.211. The van der Waals surface area contributed by atoms with Crippen molar-refractivity contribution in [1.82, 2.24) is 15.5 Å². The van der Waals surface area contributed by atoms with Crippen LogP contribution in [0.3, 0.4) is 0 Å². The van der Waals surface area contributed by atoms with Crippen molar-refractivity contribution >= 4 is 33.4 Å². The number of aromatic nitrogens is 2. The van der Waals surface area contributed by atoms with Crippen molar-refractivity contribution in [2.24, 2.45) is 5.92 Å². The summed E-state index contributed by atoms with van der Waals surface area (Å²) in [6.45, 7) is 3.95. The first kappa shape index (κ1) is 18.6. The molecule has 0 saturated carbocycles. The van der Waals surface area contributed by atoms with Gasteiger partial charge in [0.25, 0.3) is 5.91 Å². The summed E-state index contributed by atoms with van der Waals surface area (Å²) in [6.07, 6.45) is 0. The van der Waals surface area contributed by atoms with Crippen LogP contribution in [0.4, 0.5) is 0 Å². The van der Waals surface area contributed by atoms with E-state index in [0.29, 0.717) is 22.3 Å².